The zero-order valence-electron chi connectivity index (χ0n) is 18.3. The maximum absolute atomic E-state index is 5.83. The summed E-state index contributed by atoms with van der Waals surface area (Å²) in [7, 11) is 0. The van der Waals surface area contributed by atoms with E-state index in [1.807, 2.05) is 4.58 Å². The second-order valence-corrected chi connectivity index (χ2v) is 8.25. The summed E-state index contributed by atoms with van der Waals surface area (Å²) in [5, 5.41) is 5.46. The van der Waals surface area contributed by atoms with Crippen molar-refractivity contribution in [2.45, 2.75) is 70.9 Å². The van der Waals surface area contributed by atoms with Crippen molar-refractivity contribution in [2.24, 2.45) is 11.5 Å². The van der Waals surface area contributed by atoms with Crippen LogP contribution in [0, 0.1) is 0 Å². The summed E-state index contributed by atoms with van der Waals surface area (Å²) in [6, 6.07) is 8.41. The lowest BCUT2D eigenvalue weighted by molar-refractivity contribution is -0.555. The molecule has 2 aromatic heterocycles. The Kier molecular flexibility index (Phi) is 7.96. The van der Waals surface area contributed by atoms with Crippen molar-refractivity contribution in [1.29, 1.82) is 0 Å². The highest BCUT2D eigenvalue weighted by Gasteiger charge is 2.31. The Morgan fingerprint density at radius 1 is 1.16 bits per heavy atom. The summed E-state index contributed by atoms with van der Waals surface area (Å²) in [5.41, 5.74) is 13.9. The minimum Gasteiger partial charge on any atom is -1.00 e. The third-order valence-electron chi connectivity index (χ3n) is 6.09. The van der Waals surface area contributed by atoms with Crippen LogP contribution in [0.15, 0.2) is 35.0 Å². The van der Waals surface area contributed by atoms with E-state index in [2.05, 4.69) is 47.1 Å². The average molecular weight is 445 g/mol. The van der Waals surface area contributed by atoms with E-state index in [0.717, 1.165) is 36.9 Å². The highest BCUT2D eigenvalue weighted by molar-refractivity contribution is 5.94. The van der Waals surface area contributed by atoms with E-state index in [0.29, 0.717) is 17.7 Å². The molecule has 1 aromatic carbocycles. The summed E-state index contributed by atoms with van der Waals surface area (Å²) in [6.45, 7) is 4.08. The Morgan fingerprint density at radius 2 is 1.94 bits per heavy atom. The van der Waals surface area contributed by atoms with Gasteiger partial charge < -0.3 is 21.5 Å². The zero-order valence-corrected chi connectivity index (χ0v) is 19.0. The monoisotopic (exact) mass is 444 g/mol. The standard InChI is InChI=1S/C23H32N6O.ClH/c1-2-3-4-5-6-9-14-28-16-18(17-11-7-8-12-19(17)28)21-26-22(30-27-21)20-13-10-15-29(20)23(24)25;/h7-8,11-12,16,20H,2-6,9-10,13-15H2,1H3,(H3,24,25);1H/t20-;/m0./s1. The van der Waals surface area contributed by atoms with Crippen LogP contribution in [0.2, 0.25) is 0 Å². The molecule has 3 aromatic rings. The van der Waals surface area contributed by atoms with Gasteiger partial charge in [0.1, 0.15) is 0 Å². The van der Waals surface area contributed by atoms with Crippen LogP contribution in [0.1, 0.15) is 70.2 Å². The Bertz CT molecular complexity index is 1020. The molecule has 8 heteroatoms. The van der Waals surface area contributed by atoms with Crippen LogP contribution in [-0.2, 0) is 6.54 Å². The largest absolute Gasteiger partial charge is 1.00 e. The number of para-hydroxylation sites is 1. The molecule has 31 heavy (non-hydrogen) atoms. The van der Waals surface area contributed by atoms with Crippen molar-refractivity contribution in [3.8, 4) is 11.4 Å². The average Bonchev–Trinajstić information content (AvgIpc) is 3.48. The quantitative estimate of drug-likeness (QED) is 0.293. The van der Waals surface area contributed by atoms with E-state index in [9.17, 15) is 0 Å². The van der Waals surface area contributed by atoms with Crippen LogP contribution >= 0.6 is 0 Å². The predicted octanol–water partition coefficient (Wildman–Crippen LogP) is 1.18. The number of aryl methyl sites for hydroxylation is 1. The molecule has 1 aliphatic heterocycles. The van der Waals surface area contributed by atoms with Gasteiger partial charge in [-0.1, -0.05) is 62.4 Å². The van der Waals surface area contributed by atoms with Crippen LogP contribution in [0.5, 0.6) is 0 Å². The van der Waals surface area contributed by atoms with Crippen molar-refractivity contribution >= 4 is 16.9 Å². The summed E-state index contributed by atoms with van der Waals surface area (Å²) in [4.78, 5) is 4.73. The van der Waals surface area contributed by atoms with E-state index in [-0.39, 0.29) is 18.4 Å². The molecule has 0 amide bonds. The number of aromatic nitrogens is 3. The molecule has 1 aliphatic rings. The molecule has 1 fully saturated rings. The van der Waals surface area contributed by atoms with Crippen LogP contribution in [-0.4, -0.2) is 31.8 Å². The molecule has 0 saturated carbocycles. The van der Waals surface area contributed by atoms with Crippen molar-refractivity contribution in [3.63, 3.8) is 0 Å². The molecule has 168 valence electrons. The summed E-state index contributed by atoms with van der Waals surface area (Å²) in [5.74, 6) is 1.53. The van der Waals surface area contributed by atoms with E-state index < -0.39 is 0 Å². The van der Waals surface area contributed by atoms with Gasteiger partial charge >= 0.3 is 5.96 Å². The van der Waals surface area contributed by atoms with Gasteiger partial charge in [0.2, 0.25) is 5.82 Å². The van der Waals surface area contributed by atoms with Gasteiger partial charge in [-0.2, -0.15) is 4.98 Å². The number of benzene rings is 1. The number of nitrogens with zero attached hydrogens (tertiary/aromatic N) is 4. The first kappa shape index (κ1) is 23.1. The molecule has 4 N–H and O–H groups in total. The van der Waals surface area contributed by atoms with Crippen molar-refractivity contribution in [3.05, 3.63) is 36.4 Å². The van der Waals surface area contributed by atoms with Crippen LogP contribution in [0.4, 0.5) is 0 Å². The minimum atomic E-state index is -0.0345. The van der Waals surface area contributed by atoms with Crippen LogP contribution in [0.3, 0.4) is 0 Å². The minimum absolute atomic E-state index is 0. The molecule has 7 nitrogen and oxygen atoms in total. The van der Waals surface area contributed by atoms with Gasteiger partial charge in [0.15, 0.2) is 6.04 Å². The van der Waals surface area contributed by atoms with E-state index in [1.165, 1.54) is 44.0 Å². The molecular weight excluding hydrogens is 412 g/mol. The lowest BCUT2D eigenvalue weighted by atomic mass is 10.1. The van der Waals surface area contributed by atoms with Gasteiger partial charge in [0.25, 0.3) is 5.89 Å². The van der Waals surface area contributed by atoms with Gasteiger partial charge in [0, 0.05) is 29.2 Å². The first-order chi connectivity index (χ1) is 14.7. The highest BCUT2D eigenvalue weighted by atomic mass is 35.5. The fraction of sp³-hybridized carbons (Fsp3) is 0.522. The number of halogens is 1. The fourth-order valence-corrected chi connectivity index (χ4v) is 4.48. The van der Waals surface area contributed by atoms with Crippen molar-refractivity contribution in [2.75, 3.05) is 6.54 Å². The Morgan fingerprint density at radius 3 is 2.74 bits per heavy atom. The molecule has 4 rings (SSSR count). The Hall–Kier alpha value is -2.54. The van der Waals surface area contributed by atoms with Gasteiger partial charge in [-0.25, -0.2) is 0 Å². The fourth-order valence-electron chi connectivity index (χ4n) is 4.48. The molecule has 0 unspecified atom stereocenters. The molecule has 0 radical (unpaired) electrons. The molecule has 0 aliphatic carbocycles. The van der Waals surface area contributed by atoms with Crippen LogP contribution < -0.4 is 23.9 Å². The van der Waals surface area contributed by atoms with Gasteiger partial charge in [-0.15, -0.1) is 0 Å². The number of hydrogen-bond acceptors (Lipinski definition) is 3. The summed E-state index contributed by atoms with van der Waals surface area (Å²) >= 11 is 0. The highest BCUT2D eigenvalue weighted by Crippen LogP contribution is 2.32. The SMILES string of the molecule is CCCCCCCCn1cc(-c2noc([C@@H]3CCC[N+]3=C(N)N)n2)c2ccccc21.[Cl-]. The normalized spacial score (nSPS) is 16.0. The number of rotatable bonds is 9. The number of fused-ring (bicyclic) bond motifs is 1. The third-order valence-corrected chi connectivity index (χ3v) is 6.09. The molecular formula is C23H33ClN6O. The molecule has 1 saturated heterocycles. The Balaban J connectivity index is 0.00000272. The topological polar surface area (TPSA) is 98.9 Å². The number of unbranched alkanes of at least 4 members (excludes halogenated alkanes) is 5. The lowest BCUT2D eigenvalue weighted by Gasteiger charge is -2.06. The maximum atomic E-state index is 5.83. The predicted molar refractivity (Wildman–Crippen MR) is 119 cm³/mol. The molecule has 3 heterocycles. The van der Waals surface area contributed by atoms with Crippen molar-refractivity contribution < 1.29 is 21.5 Å². The number of guanidine groups is 1. The number of nitrogens with two attached hydrogens (primary N) is 2. The maximum Gasteiger partial charge on any atom is 0.341 e. The summed E-state index contributed by atoms with van der Waals surface area (Å²) < 4.78 is 9.91. The lowest BCUT2D eigenvalue weighted by Crippen LogP contribution is -3.00. The van der Waals surface area contributed by atoms with Gasteiger partial charge in [-0.05, 0) is 25.3 Å². The first-order valence-electron chi connectivity index (χ1n) is 11.3. The number of hydrogen-bond donors (Lipinski definition) is 2. The zero-order chi connectivity index (χ0) is 20.9. The Labute approximate surface area is 189 Å². The van der Waals surface area contributed by atoms with E-state index in [1.54, 1.807) is 0 Å². The second kappa shape index (κ2) is 10.7. The third kappa shape index (κ3) is 5.03. The van der Waals surface area contributed by atoms with E-state index >= 15 is 0 Å². The molecule has 1 atom stereocenters. The molecule has 0 bridgehead atoms. The van der Waals surface area contributed by atoms with Gasteiger partial charge in [0.05, 0.1) is 6.54 Å². The first-order valence-corrected chi connectivity index (χ1v) is 11.3. The van der Waals surface area contributed by atoms with Gasteiger partial charge in [-0.3, -0.25) is 16.0 Å². The van der Waals surface area contributed by atoms with E-state index in [4.69, 9.17) is 21.0 Å². The summed E-state index contributed by atoms with van der Waals surface area (Å²) in [6.07, 6.45) is 11.8. The smallest absolute Gasteiger partial charge is 0.341 e. The second-order valence-electron chi connectivity index (χ2n) is 8.25. The van der Waals surface area contributed by atoms with Crippen LogP contribution in [0.25, 0.3) is 22.3 Å². The van der Waals surface area contributed by atoms with Crippen molar-refractivity contribution in [1.82, 2.24) is 14.7 Å². The molecule has 0 spiro atoms.